The van der Waals surface area contributed by atoms with Crippen LogP contribution in [0.15, 0.2) is 0 Å². The Morgan fingerprint density at radius 3 is 2.61 bits per heavy atom. The summed E-state index contributed by atoms with van der Waals surface area (Å²) in [5.41, 5.74) is 6.05. The topological polar surface area (TPSA) is 46.3 Å². The Kier molecular flexibility index (Phi) is 3.35. The number of amides is 1. The summed E-state index contributed by atoms with van der Waals surface area (Å²) >= 11 is 0. The largest absolute Gasteiger partial charge is 0.339 e. The molecule has 2 unspecified atom stereocenters. The van der Waals surface area contributed by atoms with Crippen molar-refractivity contribution in [1.29, 1.82) is 0 Å². The lowest BCUT2D eigenvalue weighted by Gasteiger charge is -2.42. The third kappa shape index (κ3) is 2.07. The first kappa shape index (κ1) is 12.5. The van der Waals surface area contributed by atoms with Crippen LogP contribution >= 0.6 is 0 Å². The van der Waals surface area contributed by atoms with Crippen molar-refractivity contribution < 1.29 is 4.79 Å². The second kappa shape index (κ2) is 4.84. The molecule has 3 heteroatoms. The number of carbonyl (C=O) groups is 1. The van der Waals surface area contributed by atoms with E-state index in [2.05, 4.69) is 4.90 Å². The van der Waals surface area contributed by atoms with Crippen molar-refractivity contribution in [2.45, 2.75) is 63.8 Å². The SMILES string of the molecule is NCC1(CC(=O)N2CCC3CCCCC32)CCC1. The molecule has 0 aromatic carbocycles. The molecular weight excluding hydrogens is 224 g/mol. The summed E-state index contributed by atoms with van der Waals surface area (Å²) in [6.07, 6.45) is 10.8. The molecule has 1 heterocycles. The molecule has 3 aliphatic rings. The van der Waals surface area contributed by atoms with Crippen molar-refractivity contribution in [3.63, 3.8) is 0 Å². The summed E-state index contributed by atoms with van der Waals surface area (Å²) in [6.45, 7) is 1.70. The molecule has 18 heavy (non-hydrogen) atoms. The summed E-state index contributed by atoms with van der Waals surface area (Å²) < 4.78 is 0. The predicted molar refractivity (Wildman–Crippen MR) is 72.0 cm³/mol. The Balaban J connectivity index is 1.62. The highest BCUT2D eigenvalue weighted by atomic mass is 16.2. The number of rotatable bonds is 3. The minimum absolute atomic E-state index is 0.170. The highest BCUT2D eigenvalue weighted by molar-refractivity contribution is 5.78. The van der Waals surface area contributed by atoms with Gasteiger partial charge in [-0.25, -0.2) is 0 Å². The Hall–Kier alpha value is -0.570. The number of carbonyl (C=O) groups excluding carboxylic acids is 1. The van der Waals surface area contributed by atoms with E-state index >= 15 is 0 Å². The van der Waals surface area contributed by atoms with Crippen LogP contribution in [0, 0.1) is 11.3 Å². The predicted octanol–water partition coefficient (Wildman–Crippen LogP) is 2.30. The molecule has 2 atom stereocenters. The van der Waals surface area contributed by atoms with Crippen LogP contribution in [0.25, 0.3) is 0 Å². The first-order valence-corrected chi connectivity index (χ1v) is 7.74. The summed E-state index contributed by atoms with van der Waals surface area (Å²) in [5.74, 6) is 1.20. The van der Waals surface area contributed by atoms with Gasteiger partial charge < -0.3 is 10.6 Å². The Morgan fingerprint density at radius 1 is 1.17 bits per heavy atom. The molecule has 2 aliphatic carbocycles. The number of hydrogen-bond donors (Lipinski definition) is 1. The van der Waals surface area contributed by atoms with E-state index < -0.39 is 0 Å². The maximum atomic E-state index is 12.5. The average molecular weight is 250 g/mol. The molecule has 1 saturated heterocycles. The van der Waals surface area contributed by atoms with Crippen LogP contribution < -0.4 is 5.73 Å². The van der Waals surface area contributed by atoms with Gasteiger partial charge in [0.25, 0.3) is 0 Å². The Labute approximate surface area is 110 Å². The van der Waals surface area contributed by atoms with Crippen molar-refractivity contribution in [3.05, 3.63) is 0 Å². The lowest BCUT2D eigenvalue weighted by atomic mass is 9.66. The highest BCUT2D eigenvalue weighted by Gasteiger charge is 2.43. The average Bonchev–Trinajstić information content (AvgIpc) is 2.77. The molecule has 3 rings (SSSR count). The number of nitrogens with two attached hydrogens (primary N) is 1. The second-order valence-electron chi connectivity index (χ2n) is 6.72. The molecule has 1 amide bonds. The summed E-state index contributed by atoms with van der Waals surface area (Å²) in [7, 11) is 0. The van der Waals surface area contributed by atoms with Gasteiger partial charge in [0.2, 0.25) is 5.91 Å². The Morgan fingerprint density at radius 2 is 1.94 bits per heavy atom. The second-order valence-corrected chi connectivity index (χ2v) is 6.72. The first-order valence-electron chi connectivity index (χ1n) is 7.74. The standard InChI is InChI=1S/C15H26N2O/c16-11-15(7-3-8-15)10-14(18)17-9-6-12-4-1-2-5-13(12)17/h12-13H,1-11,16H2. The van der Waals surface area contributed by atoms with Gasteiger partial charge in [-0.15, -0.1) is 0 Å². The van der Waals surface area contributed by atoms with Gasteiger partial charge in [0, 0.05) is 19.0 Å². The van der Waals surface area contributed by atoms with Crippen molar-refractivity contribution in [1.82, 2.24) is 4.90 Å². The molecule has 2 saturated carbocycles. The molecule has 0 spiro atoms. The number of hydrogen-bond acceptors (Lipinski definition) is 2. The van der Waals surface area contributed by atoms with Crippen LogP contribution in [-0.4, -0.2) is 29.9 Å². The van der Waals surface area contributed by atoms with Crippen LogP contribution in [0.2, 0.25) is 0 Å². The van der Waals surface area contributed by atoms with Crippen LogP contribution in [0.4, 0.5) is 0 Å². The normalized spacial score (nSPS) is 33.9. The molecule has 3 nitrogen and oxygen atoms in total. The zero-order valence-electron chi connectivity index (χ0n) is 11.4. The van der Waals surface area contributed by atoms with E-state index in [1.54, 1.807) is 0 Å². The molecule has 3 fully saturated rings. The summed E-state index contributed by atoms with van der Waals surface area (Å²) in [5, 5.41) is 0. The van der Waals surface area contributed by atoms with E-state index in [4.69, 9.17) is 5.73 Å². The maximum absolute atomic E-state index is 12.5. The van der Waals surface area contributed by atoms with Crippen molar-refractivity contribution in [2.24, 2.45) is 17.1 Å². The quantitative estimate of drug-likeness (QED) is 0.835. The maximum Gasteiger partial charge on any atom is 0.223 e. The zero-order valence-corrected chi connectivity index (χ0v) is 11.4. The monoisotopic (exact) mass is 250 g/mol. The molecule has 0 radical (unpaired) electrons. The molecule has 0 bridgehead atoms. The first-order chi connectivity index (χ1) is 8.74. The third-order valence-corrected chi connectivity index (χ3v) is 5.70. The summed E-state index contributed by atoms with van der Waals surface area (Å²) in [4.78, 5) is 14.7. The van der Waals surface area contributed by atoms with Crippen molar-refractivity contribution in [2.75, 3.05) is 13.1 Å². The molecule has 0 aromatic heterocycles. The van der Waals surface area contributed by atoms with Gasteiger partial charge in [0.1, 0.15) is 0 Å². The van der Waals surface area contributed by atoms with Gasteiger partial charge in [-0.05, 0) is 50.0 Å². The third-order valence-electron chi connectivity index (χ3n) is 5.70. The molecule has 2 N–H and O–H groups in total. The molecule has 1 aliphatic heterocycles. The molecule has 0 aromatic rings. The minimum atomic E-state index is 0.170. The van der Waals surface area contributed by atoms with Gasteiger partial charge in [-0.2, -0.15) is 0 Å². The van der Waals surface area contributed by atoms with Gasteiger partial charge in [-0.1, -0.05) is 19.3 Å². The minimum Gasteiger partial charge on any atom is -0.339 e. The van der Waals surface area contributed by atoms with E-state index in [9.17, 15) is 4.79 Å². The van der Waals surface area contributed by atoms with E-state index in [0.29, 0.717) is 24.9 Å². The van der Waals surface area contributed by atoms with Crippen molar-refractivity contribution in [3.8, 4) is 0 Å². The van der Waals surface area contributed by atoms with Gasteiger partial charge in [0.05, 0.1) is 0 Å². The fraction of sp³-hybridized carbons (Fsp3) is 0.933. The molecule has 102 valence electrons. The van der Waals surface area contributed by atoms with E-state index in [1.165, 1.54) is 38.5 Å². The van der Waals surface area contributed by atoms with Crippen molar-refractivity contribution >= 4 is 5.91 Å². The van der Waals surface area contributed by atoms with E-state index in [-0.39, 0.29) is 5.41 Å². The molecular formula is C15H26N2O. The smallest absolute Gasteiger partial charge is 0.223 e. The van der Waals surface area contributed by atoms with Crippen LogP contribution in [0.1, 0.15) is 57.8 Å². The Bertz CT molecular complexity index is 319. The lowest BCUT2D eigenvalue weighted by molar-refractivity contribution is -0.136. The van der Waals surface area contributed by atoms with E-state index in [1.807, 2.05) is 0 Å². The van der Waals surface area contributed by atoms with E-state index in [0.717, 1.165) is 25.3 Å². The fourth-order valence-electron chi connectivity index (χ4n) is 4.27. The fourth-order valence-corrected chi connectivity index (χ4v) is 4.27. The lowest BCUT2D eigenvalue weighted by Crippen LogP contribution is -2.45. The number of likely N-dealkylation sites (tertiary alicyclic amines) is 1. The number of fused-ring (bicyclic) bond motifs is 1. The number of nitrogens with zero attached hydrogens (tertiary/aromatic N) is 1. The van der Waals surface area contributed by atoms with Gasteiger partial charge >= 0.3 is 0 Å². The van der Waals surface area contributed by atoms with Gasteiger partial charge in [0.15, 0.2) is 0 Å². The highest BCUT2D eigenvalue weighted by Crippen LogP contribution is 2.44. The van der Waals surface area contributed by atoms with Crippen LogP contribution in [0.3, 0.4) is 0 Å². The van der Waals surface area contributed by atoms with Crippen LogP contribution in [0.5, 0.6) is 0 Å². The zero-order chi connectivity index (χ0) is 12.6. The van der Waals surface area contributed by atoms with Gasteiger partial charge in [-0.3, -0.25) is 4.79 Å². The van der Waals surface area contributed by atoms with Crippen LogP contribution in [-0.2, 0) is 4.79 Å². The summed E-state index contributed by atoms with van der Waals surface area (Å²) in [6, 6.07) is 0.571.